The molecule has 0 atom stereocenters. The van der Waals surface area contributed by atoms with Crippen LogP contribution in [0.3, 0.4) is 0 Å². The van der Waals surface area contributed by atoms with Crippen molar-refractivity contribution in [3.8, 4) is 0 Å². The number of hydrogen-bond donors (Lipinski definition) is 3. The van der Waals surface area contributed by atoms with E-state index >= 15 is 0 Å². The second-order valence-electron chi connectivity index (χ2n) is 5.73. The van der Waals surface area contributed by atoms with Gasteiger partial charge in [0.2, 0.25) is 0 Å². The summed E-state index contributed by atoms with van der Waals surface area (Å²) in [6.45, 7) is 3.88. The third-order valence-corrected chi connectivity index (χ3v) is 3.99. The number of H-pyrrole nitrogens is 1. The number of hydrogen-bond acceptors (Lipinski definition) is 4. The van der Waals surface area contributed by atoms with Crippen LogP contribution in [0.25, 0.3) is 10.9 Å². The number of carbonyl (C=O) groups excluding carboxylic acids is 1. The number of nitrogens with zero attached hydrogens (tertiary/aromatic N) is 1. The highest BCUT2D eigenvalue weighted by Crippen LogP contribution is 2.30. The number of nitrogens with one attached hydrogen (secondary N) is 2. The molecule has 0 unspecified atom stereocenters. The molecule has 0 bridgehead atoms. The molecule has 1 aromatic carbocycles. The lowest BCUT2D eigenvalue weighted by Gasteiger charge is -2.19. The number of aromatic amines is 1. The number of aliphatic hydroxyl groups is 1. The first kappa shape index (κ1) is 19.9. The summed E-state index contributed by atoms with van der Waals surface area (Å²) in [6.07, 6.45) is -4.51. The molecule has 6 nitrogen and oxygen atoms in total. The Kier molecular flexibility index (Phi) is 6.38. The van der Waals surface area contributed by atoms with Gasteiger partial charge < -0.3 is 15.4 Å². The largest absolute Gasteiger partial charge is 0.416 e. The fraction of sp³-hybridized carbons (Fsp3) is 0.412. The maximum atomic E-state index is 12.7. The van der Waals surface area contributed by atoms with Crippen molar-refractivity contribution < 1.29 is 23.1 Å². The van der Waals surface area contributed by atoms with E-state index in [1.807, 2.05) is 11.8 Å². The summed E-state index contributed by atoms with van der Waals surface area (Å²) in [5.74, 6) is -0.604. The number of amides is 1. The zero-order chi connectivity index (χ0) is 19.3. The molecule has 3 N–H and O–H groups in total. The van der Waals surface area contributed by atoms with Crippen molar-refractivity contribution in [3.05, 3.63) is 45.7 Å². The van der Waals surface area contributed by atoms with Crippen molar-refractivity contribution in [3.63, 3.8) is 0 Å². The smallest absolute Gasteiger partial charge is 0.395 e. The molecule has 0 saturated carbocycles. The molecule has 0 aliphatic rings. The Morgan fingerprint density at radius 2 is 2.00 bits per heavy atom. The Hall–Kier alpha value is -2.39. The summed E-state index contributed by atoms with van der Waals surface area (Å²) in [7, 11) is 0. The molecule has 1 amide bonds. The summed E-state index contributed by atoms with van der Waals surface area (Å²) in [4.78, 5) is 28.5. The zero-order valence-corrected chi connectivity index (χ0v) is 14.2. The quantitative estimate of drug-likeness (QED) is 0.690. The van der Waals surface area contributed by atoms with E-state index in [0.29, 0.717) is 25.0 Å². The standard InChI is InChI=1S/C17H20F3N3O3/c1-2-23(7-8-24)6-5-21-15(25)13-9-11-3-4-12(17(18,19)20)10-14(11)22-16(13)26/h3-4,9-10,24H,2,5-8H2,1H3,(H,21,25)(H,22,26). The highest BCUT2D eigenvalue weighted by Gasteiger charge is 2.30. The van der Waals surface area contributed by atoms with Crippen LogP contribution in [0.4, 0.5) is 13.2 Å². The van der Waals surface area contributed by atoms with Gasteiger partial charge in [0.25, 0.3) is 11.5 Å². The van der Waals surface area contributed by atoms with Gasteiger partial charge in [0.15, 0.2) is 0 Å². The minimum absolute atomic E-state index is 0.00600. The number of carbonyl (C=O) groups is 1. The fourth-order valence-corrected chi connectivity index (χ4v) is 2.54. The van der Waals surface area contributed by atoms with Gasteiger partial charge in [-0.1, -0.05) is 13.0 Å². The number of pyridine rings is 1. The lowest BCUT2D eigenvalue weighted by Crippen LogP contribution is -2.37. The Morgan fingerprint density at radius 1 is 1.27 bits per heavy atom. The second-order valence-corrected chi connectivity index (χ2v) is 5.73. The molecule has 0 aliphatic heterocycles. The first-order valence-electron chi connectivity index (χ1n) is 8.12. The van der Waals surface area contributed by atoms with Gasteiger partial charge in [-0.05, 0) is 30.1 Å². The van der Waals surface area contributed by atoms with Crippen LogP contribution in [0, 0.1) is 0 Å². The number of rotatable bonds is 7. The fourth-order valence-electron chi connectivity index (χ4n) is 2.54. The van der Waals surface area contributed by atoms with E-state index in [-0.39, 0.29) is 24.2 Å². The van der Waals surface area contributed by atoms with Crippen LogP contribution in [-0.4, -0.2) is 53.7 Å². The number of benzene rings is 1. The third-order valence-electron chi connectivity index (χ3n) is 3.99. The molecule has 142 valence electrons. The molecule has 2 rings (SSSR count). The van der Waals surface area contributed by atoms with Gasteiger partial charge in [-0.3, -0.25) is 14.5 Å². The van der Waals surface area contributed by atoms with Gasteiger partial charge in [-0.25, -0.2) is 0 Å². The van der Waals surface area contributed by atoms with Gasteiger partial charge in [-0.15, -0.1) is 0 Å². The molecule has 2 aromatic rings. The first-order valence-corrected chi connectivity index (χ1v) is 8.12. The molecule has 26 heavy (non-hydrogen) atoms. The number of alkyl halides is 3. The van der Waals surface area contributed by atoms with Gasteiger partial charge >= 0.3 is 6.18 Å². The summed E-state index contributed by atoms with van der Waals surface area (Å²) < 4.78 is 38.2. The van der Waals surface area contributed by atoms with Crippen molar-refractivity contribution in [1.29, 1.82) is 0 Å². The SMILES string of the molecule is CCN(CCO)CCNC(=O)c1cc2ccc(C(F)(F)F)cc2[nH]c1=O. The lowest BCUT2D eigenvalue weighted by molar-refractivity contribution is -0.137. The maximum Gasteiger partial charge on any atom is 0.416 e. The predicted molar refractivity (Wildman–Crippen MR) is 91.1 cm³/mol. The van der Waals surface area contributed by atoms with Crippen molar-refractivity contribution in [2.75, 3.05) is 32.8 Å². The van der Waals surface area contributed by atoms with Crippen LogP contribution in [0.2, 0.25) is 0 Å². The summed E-state index contributed by atoms with van der Waals surface area (Å²) in [5.41, 5.74) is -1.78. The van der Waals surface area contributed by atoms with Crippen LogP contribution in [0.5, 0.6) is 0 Å². The molecule has 9 heteroatoms. The minimum atomic E-state index is -4.51. The number of aliphatic hydroxyl groups excluding tert-OH is 1. The molecule has 0 radical (unpaired) electrons. The second kappa shape index (κ2) is 8.33. The average Bonchev–Trinajstić information content (AvgIpc) is 2.58. The van der Waals surface area contributed by atoms with Gasteiger partial charge in [0.05, 0.1) is 12.2 Å². The Balaban J connectivity index is 2.15. The third kappa shape index (κ3) is 4.83. The molecule has 0 saturated heterocycles. The molecular weight excluding hydrogens is 351 g/mol. The van der Waals surface area contributed by atoms with Crippen LogP contribution in [0.15, 0.2) is 29.1 Å². The molecule has 0 fully saturated rings. The van der Waals surface area contributed by atoms with E-state index in [9.17, 15) is 22.8 Å². The van der Waals surface area contributed by atoms with E-state index in [4.69, 9.17) is 5.11 Å². The van der Waals surface area contributed by atoms with E-state index in [2.05, 4.69) is 10.3 Å². The Morgan fingerprint density at radius 3 is 2.62 bits per heavy atom. The van der Waals surface area contributed by atoms with E-state index in [0.717, 1.165) is 12.1 Å². The van der Waals surface area contributed by atoms with Crippen molar-refractivity contribution in [2.45, 2.75) is 13.1 Å². The predicted octanol–water partition coefficient (Wildman–Crippen LogP) is 1.59. The molecule has 0 aliphatic carbocycles. The summed E-state index contributed by atoms with van der Waals surface area (Å²) >= 11 is 0. The highest BCUT2D eigenvalue weighted by molar-refractivity contribution is 5.97. The zero-order valence-electron chi connectivity index (χ0n) is 14.2. The van der Waals surface area contributed by atoms with Gasteiger partial charge in [0.1, 0.15) is 5.56 Å². The minimum Gasteiger partial charge on any atom is -0.395 e. The number of fused-ring (bicyclic) bond motifs is 1. The van der Waals surface area contributed by atoms with E-state index in [1.165, 1.54) is 12.1 Å². The topological polar surface area (TPSA) is 85.4 Å². The molecule has 1 heterocycles. The number of aromatic nitrogens is 1. The normalized spacial score (nSPS) is 11.9. The van der Waals surface area contributed by atoms with Crippen molar-refractivity contribution >= 4 is 16.8 Å². The summed E-state index contributed by atoms with van der Waals surface area (Å²) in [6, 6.07) is 4.22. The van der Waals surface area contributed by atoms with Gasteiger partial charge in [0, 0.05) is 25.2 Å². The van der Waals surface area contributed by atoms with Crippen LogP contribution >= 0.6 is 0 Å². The highest BCUT2D eigenvalue weighted by atomic mass is 19.4. The van der Waals surface area contributed by atoms with Crippen LogP contribution in [-0.2, 0) is 6.18 Å². The maximum absolute atomic E-state index is 12.7. The van der Waals surface area contributed by atoms with E-state index < -0.39 is 23.2 Å². The van der Waals surface area contributed by atoms with Crippen LogP contribution in [0.1, 0.15) is 22.8 Å². The molecule has 1 aromatic heterocycles. The Bertz CT molecular complexity index is 833. The number of halogens is 3. The van der Waals surface area contributed by atoms with Crippen molar-refractivity contribution in [2.24, 2.45) is 0 Å². The first-order chi connectivity index (χ1) is 12.3. The Labute approximate surface area is 147 Å². The summed E-state index contributed by atoms with van der Waals surface area (Å²) in [5, 5.41) is 11.8. The molecule has 0 spiro atoms. The van der Waals surface area contributed by atoms with Crippen molar-refractivity contribution in [1.82, 2.24) is 15.2 Å². The van der Waals surface area contributed by atoms with Crippen LogP contribution < -0.4 is 10.9 Å². The monoisotopic (exact) mass is 371 g/mol. The van der Waals surface area contributed by atoms with E-state index in [1.54, 1.807) is 0 Å². The average molecular weight is 371 g/mol. The lowest BCUT2D eigenvalue weighted by atomic mass is 10.1. The molecular formula is C17H20F3N3O3. The van der Waals surface area contributed by atoms with Gasteiger partial charge in [-0.2, -0.15) is 13.2 Å². The number of likely N-dealkylation sites (N-methyl/N-ethyl adjacent to an activating group) is 1.